The van der Waals surface area contributed by atoms with E-state index in [0.717, 1.165) is 13.0 Å². The Morgan fingerprint density at radius 1 is 1.24 bits per heavy atom. The highest BCUT2D eigenvalue weighted by atomic mass is 16.5. The third kappa shape index (κ3) is 4.86. The summed E-state index contributed by atoms with van der Waals surface area (Å²) in [5, 5.41) is 0. The van der Waals surface area contributed by atoms with Crippen molar-refractivity contribution in [3.8, 4) is 0 Å². The highest BCUT2D eigenvalue weighted by Gasteiger charge is 2.08. The molecule has 3 nitrogen and oxygen atoms in total. The van der Waals surface area contributed by atoms with Gasteiger partial charge in [0.05, 0.1) is 6.61 Å². The molecule has 0 aliphatic heterocycles. The maximum Gasteiger partial charge on any atom is 0.0636 e. The molecule has 0 amide bonds. The Hall–Kier alpha value is -0.900. The van der Waals surface area contributed by atoms with Gasteiger partial charge in [0.2, 0.25) is 0 Å². The van der Waals surface area contributed by atoms with Crippen LogP contribution in [0.2, 0.25) is 0 Å². The van der Waals surface area contributed by atoms with E-state index in [1.54, 1.807) is 0 Å². The number of hydrogen-bond acceptors (Lipinski definition) is 3. The van der Waals surface area contributed by atoms with E-state index in [1.807, 2.05) is 6.92 Å². The van der Waals surface area contributed by atoms with Crippen molar-refractivity contribution in [1.29, 1.82) is 0 Å². The van der Waals surface area contributed by atoms with Gasteiger partial charge < -0.3 is 4.74 Å². The lowest BCUT2D eigenvalue weighted by molar-refractivity contribution is 0.123. The van der Waals surface area contributed by atoms with Crippen molar-refractivity contribution >= 4 is 0 Å². The molecular weight excluding hydrogens is 212 g/mol. The Morgan fingerprint density at radius 3 is 2.35 bits per heavy atom. The van der Waals surface area contributed by atoms with Crippen LogP contribution in [0.1, 0.15) is 37.8 Å². The molecule has 1 unspecified atom stereocenters. The molecule has 1 aromatic carbocycles. The first-order valence-electron chi connectivity index (χ1n) is 6.30. The molecule has 0 spiro atoms. The Morgan fingerprint density at radius 2 is 1.88 bits per heavy atom. The van der Waals surface area contributed by atoms with Crippen LogP contribution in [0.5, 0.6) is 0 Å². The van der Waals surface area contributed by atoms with Gasteiger partial charge in [-0.15, -0.1) is 0 Å². The van der Waals surface area contributed by atoms with E-state index in [4.69, 9.17) is 10.6 Å². The molecule has 0 bridgehead atoms. The minimum atomic E-state index is 0.180. The van der Waals surface area contributed by atoms with Crippen LogP contribution in [0.3, 0.4) is 0 Å². The summed E-state index contributed by atoms with van der Waals surface area (Å²) in [7, 11) is 0. The number of hydrazine groups is 1. The van der Waals surface area contributed by atoms with Crippen LogP contribution in [-0.4, -0.2) is 19.3 Å². The summed E-state index contributed by atoms with van der Waals surface area (Å²) in [4.78, 5) is 0. The number of nitrogens with one attached hydrogen (secondary N) is 1. The van der Waals surface area contributed by atoms with Crippen LogP contribution in [0, 0.1) is 0 Å². The summed E-state index contributed by atoms with van der Waals surface area (Å²) < 4.78 is 5.38. The second-order valence-electron chi connectivity index (χ2n) is 4.62. The molecule has 96 valence electrons. The number of benzene rings is 1. The molecule has 1 atom stereocenters. The highest BCUT2D eigenvalue weighted by Crippen LogP contribution is 2.15. The summed E-state index contributed by atoms with van der Waals surface area (Å²) in [6, 6.07) is 8.90. The first-order chi connectivity index (χ1) is 8.17. The molecule has 3 N–H and O–H groups in total. The average Bonchev–Trinajstić information content (AvgIpc) is 2.35. The lowest BCUT2D eigenvalue weighted by atomic mass is 9.99. The summed E-state index contributed by atoms with van der Waals surface area (Å²) in [6.45, 7) is 7.77. The molecule has 1 rings (SSSR count). The van der Waals surface area contributed by atoms with Crippen LogP contribution in [0.25, 0.3) is 0 Å². The lowest BCUT2D eigenvalue weighted by Gasteiger charge is -2.16. The van der Waals surface area contributed by atoms with E-state index >= 15 is 0 Å². The fourth-order valence-electron chi connectivity index (χ4n) is 1.75. The van der Waals surface area contributed by atoms with Gasteiger partial charge in [-0.05, 0) is 30.4 Å². The Bertz CT molecular complexity index is 309. The summed E-state index contributed by atoms with van der Waals surface area (Å²) >= 11 is 0. The Balaban J connectivity index is 2.54. The van der Waals surface area contributed by atoms with E-state index < -0.39 is 0 Å². The van der Waals surface area contributed by atoms with E-state index in [-0.39, 0.29) is 6.04 Å². The Labute approximate surface area is 104 Å². The van der Waals surface area contributed by atoms with Crippen molar-refractivity contribution < 1.29 is 4.74 Å². The second-order valence-corrected chi connectivity index (χ2v) is 4.62. The fourth-order valence-corrected chi connectivity index (χ4v) is 1.75. The molecule has 0 radical (unpaired) electrons. The standard InChI is InChI=1S/C14H24N2O/c1-4-17-10-14(16-15)9-12-5-7-13(8-6-12)11(2)3/h5-8,11,14,16H,4,9-10,15H2,1-3H3. The Kier molecular flexibility index (Phi) is 6.19. The fraction of sp³-hybridized carbons (Fsp3) is 0.571. The predicted molar refractivity (Wildman–Crippen MR) is 71.8 cm³/mol. The van der Waals surface area contributed by atoms with Crippen molar-refractivity contribution in [3.63, 3.8) is 0 Å². The zero-order valence-corrected chi connectivity index (χ0v) is 11.1. The molecule has 0 saturated heterocycles. The van der Waals surface area contributed by atoms with Gasteiger partial charge in [-0.25, -0.2) is 0 Å². The molecule has 3 heteroatoms. The van der Waals surface area contributed by atoms with Crippen LogP contribution in [0.15, 0.2) is 24.3 Å². The van der Waals surface area contributed by atoms with Crippen LogP contribution in [-0.2, 0) is 11.2 Å². The van der Waals surface area contributed by atoms with Crippen molar-refractivity contribution in [2.45, 2.75) is 39.2 Å². The monoisotopic (exact) mass is 236 g/mol. The summed E-state index contributed by atoms with van der Waals surface area (Å²) in [5.74, 6) is 6.09. The average molecular weight is 236 g/mol. The zero-order valence-electron chi connectivity index (χ0n) is 11.1. The molecule has 0 heterocycles. The van der Waals surface area contributed by atoms with Gasteiger partial charge in [-0.3, -0.25) is 11.3 Å². The molecule has 17 heavy (non-hydrogen) atoms. The van der Waals surface area contributed by atoms with Gasteiger partial charge in [0.25, 0.3) is 0 Å². The van der Waals surface area contributed by atoms with Gasteiger partial charge in [-0.2, -0.15) is 0 Å². The largest absolute Gasteiger partial charge is 0.380 e. The van der Waals surface area contributed by atoms with E-state index in [2.05, 4.69) is 43.5 Å². The van der Waals surface area contributed by atoms with Crippen LogP contribution in [0.4, 0.5) is 0 Å². The first-order valence-corrected chi connectivity index (χ1v) is 6.30. The molecule has 0 fully saturated rings. The third-order valence-electron chi connectivity index (χ3n) is 2.89. The molecule has 0 saturated carbocycles. The van der Waals surface area contributed by atoms with Gasteiger partial charge in [0.15, 0.2) is 0 Å². The minimum absolute atomic E-state index is 0.180. The summed E-state index contributed by atoms with van der Waals surface area (Å²) in [6.07, 6.45) is 0.898. The summed E-state index contributed by atoms with van der Waals surface area (Å²) in [5.41, 5.74) is 5.46. The molecule has 0 aromatic heterocycles. The quantitative estimate of drug-likeness (QED) is 0.564. The van der Waals surface area contributed by atoms with Gasteiger partial charge in [0.1, 0.15) is 0 Å². The van der Waals surface area contributed by atoms with Gasteiger partial charge in [0, 0.05) is 12.6 Å². The normalized spacial score (nSPS) is 13.0. The number of rotatable bonds is 7. The van der Waals surface area contributed by atoms with Crippen LogP contribution >= 0.6 is 0 Å². The van der Waals surface area contributed by atoms with E-state index in [1.165, 1.54) is 11.1 Å². The van der Waals surface area contributed by atoms with Crippen LogP contribution < -0.4 is 11.3 Å². The van der Waals surface area contributed by atoms with Gasteiger partial charge >= 0.3 is 0 Å². The van der Waals surface area contributed by atoms with Crippen molar-refractivity contribution in [3.05, 3.63) is 35.4 Å². The molecular formula is C14H24N2O. The smallest absolute Gasteiger partial charge is 0.0636 e. The van der Waals surface area contributed by atoms with E-state index in [9.17, 15) is 0 Å². The topological polar surface area (TPSA) is 47.3 Å². The van der Waals surface area contributed by atoms with Crippen molar-refractivity contribution in [1.82, 2.24) is 5.43 Å². The maximum absolute atomic E-state index is 5.51. The first kappa shape index (κ1) is 14.2. The molecule has 0 aliphatic carbocycles. The number of nitrogens with two attached hydrogens (primary N) is 1. The zero-order chi connectivity index (χ0) is 12.7. The van der Waals surface area contributed by atoms with Crippen molar-refractivity contribution in [2.24, 2.45) is 5.84 Å². The lowest BCUT2D eigenvalue weighted by Crippen LogP contribution is -2.40. The van der Waals surface area contributed by atoms with Gasteiger partial charge in [-0.1, -0.05) is 38.1 Å². The number of ether oxygens (including phenoxy) is 1. The van der Waals surface area contributed by atoms with E-state index in [0.29, 0.717) is 12.5 Å². The van der Waals surface area contributed by atoms with Crippen molar-refractivity contribution in [2.75, 3.05) is 13.2 Å². The molecule has 1 aromatic rings. The molecule has 0 aliphatic rings. The number of hydrogen-bond donors (Lipinski definition) is 2. The minimum Gasteiger partial charge on any atom is -0.380 e. The highest BCUT2D eigenvalue weighted by molar-refractivity contribution is 5.25. The SMILES string of the molecule is CCOCC(Cc1ccc(C(C)C)cc1)NN. The predicted octanol–water partition coefficient (Wildman–Crippen LogP) is 2.22. The third-order valence-corrected chi connectivity index (χ3v) is 2.89. The second kappa shape index (κ2) is 7.43. The maximum atomic E-state index is 5.51.